The highest BCUT2D eigenvalue weighted by atomic mass is 35.5. The summed E-state index contributed by atoms with van der Waals surface area (Å²) >= 11 is 6.56. The van der Waals surface area contributed by atoms with Crippen molar-refractivity contribution in [1.82, 2.24) is 10.1 Å². The van der Waals surface area contributed by atoms with Crippen LogP contribution in [0.5, 0.6) is 0 Å². The molecule has 12 heavy (non-hydrogen) atoms. The molecule has 7 heteroatoms. The number of anilines is 1. The molecule has 0 saturated heterocycles. The van der Waals surface area contributed by atoms with Gasteiger partial charge in [0.05, 0.1) is 0 Å². The van der Waals surface area contributed by atoms with Crippen molar-refractivity contribution in [2.24, 2.45) is 0 Å². The molecule has 0 unspecified atom stereocenters. The Balaban J connectivity index is 2.58. The fourth-order valence-corrected chi connectivity index (χ4v) is 0.849. The molecule has 0 aliphatic heterocycles. The minimum absolute atomic E-state index is 0.0741. The number of nitrogens with one attached hydrogen (secondary N) is 1. The normalized spacial score (nSPS) is 9.83. The molecule has 1 rings (SSSR count). The average Bonchev–Trinajstić information content (AvgIpc) is 2.52. The number of thioether (sulfide) groups is 1. The summed E-state index contributed by atoms with van der Waals surface area (Å²) in [6.07, 6.45) is 1.80. The van der Waals surface area contributed by atoms with Crippen molar-refractivity contribution in [3.8, 4) is 0 Å². The van der Waals surface area contributed by atoms with Crippen LogP contribution in [0.3, 0.4) is 0 Å². The topological polar surface area (TPSA) is 68.0 Å². The van der Waals surface area contributed by atoms with E-state index in [4.69, 9.17) is 11.6 Å². The first kappa shape index (κ1) is 9.34. The predicted octanol–water partition coefficient (Wildman–Crippen LogP) is 0.969. The van der Waals surface area contributed by atoms with E-state index < -0.39 is 0 Å². The molecule has 0 aromatic carbocycles. The number of carbonyl (C=O) groups excluding carboxylic acids is 1. The van der Waals surface area contributed by atoms with E-state index in [1.165, 1.54) is 11.8 Å². The van der Waals surface area contributed by atoms with Gasteiger partial charge in [-0.05, 0) is 11.4 Å². The first-order chi connectivity index (χ1) is 5.76. The third-order valence-electron chi connectivity index (χ3n) is 0.958. The van der Waals surface area contributed by atoms with Gasteiger partial charge in [0.1, 0.15) is 5.88 Å². The van der Waals surface area contributed by atoms with Crippen molar-refractivity contribution in [2.45, 2.75) is 5.16 Å². The largest absolute Gasteiger partial charge is 0.328 e. The molecule has 0 aliphatic rings. The second-order valence-electron chi connectivity index (χ2n) is 1.77. The van der Waals surface area contributed by atoms with Crippen molar-refractivity contribution >= 4 is 35.3 Å². The number of hydrogen-bond donors (Lipinski definition) is 1. The number of carbonyl (C=O) groups is 1. The molecule has 5 nitrogen and oxygen atoms in total. The molecule has 1 aromatic rings. The maximum absolute atomic E-state index is 10.7. The van der Waals surface area contributed by atoms with Crippen LogP contribution in [0.4, 0.5) is 6.01 Å². The monoisotopic (exact) mass is 207 g/mol. The van der Waals surface area contributed by atoms with Gasteiger partial charge < -0.3 is 4.52 Å². The third kappa shape index (κ3) is 2.38. The highest BCUT2D eigenvalue weighted by Crippen LogP contribution is 2.11. The van der Waals surface area contributed by atoms with E-state index >= 15 is 0 Å². The number of nitrogens with zero attached hydrogens (tertiary/aromatic N) is 2. The zero-order valence-electron chi connectivity index (χ0n) is 6.20. The molecule has 0 aliphatic carbocycles. The number of alkyl halides is 1. The molecule has 0 saturated carbocycles. The van der Waals surface area contributed by atoms with Crippen molar-refractivity contribution in [3.63, 3.8) is 0 Å². The quantitative estimate of drug-likeness (QED) is 0.591. The zero-order valence-corrected chi connectivity index (χ0v) is 7.78. The lowest BCUT2D eigenvalue weighted by Crippen LogP contribution is -2.12. The van der Waals surface area contributed by atoms with Gasteiger partial charge in [0.15, 0.2) is 0 Å². The Hall–Kier alpha value is -0.750. The summed E-state index contributed by atoms with van der Waals surface area (Å²) < 4.78 is 4.66. The van der Waals surface area contributed by atoms with Crippen LogP contribution < -0.4 is 5.32 Å². The summed E-state index contributed by atoms with van der Waals surface area (Å²) in [7, 11) is 0. The lowest BCUT2D eigenvalue weighted by atomic mass is 10.7. The summed E-state index contributed by atoms with van der Waals surface area (Å²) in [4.78, 5) is 14.5. The van der Waals surface area contributed by atoms with Gasteiger partial charge in [-0.15, -0.1) is 11.6 Å². The first-order valence-corrected chi connectivity index (χ1v) is 4.75. The summed E-state index contributed by atoms with van der Waals surface area (Å²) in [5.74, 6) is -0.496. The summed E-state index contributed by atoms with van der Waals surface area (Å²) in [5, 5.41) is 6.33. The predicted molar refractivity (Wildman–Crippen MR) is 45.4 cm³/mol. The van der Waals surface area contributed by atoms with Crippen molar-refractivity contribution in [1.29, 1.82) is 0 Å². The number of halogens is 1. The van der Waals surface area contributed by atoms with Crippen molar-refractivity contribution in [2.75, 3.05) is 17.5 Å². The van der Waals surface area contributed by atoms with Crippen molar-refractivity contribution < 1.29 is 9.32 Å². The van der Waals surface area contributed by atoms with Gasteiger partial charge in [-0.1, -0.05) is 11.8 Å². The lowest BCUT2D eigenvalue weighted by Gasteiger charge is -1.91. The molecular formula is C5H6ClN3O2S. The summed E-state index contributed by atoms with van der Waals surface area (Å²) in [5.41, 5.74) is 0. The van der Waals surface area contributed by atoms with E-state index in [-0.39, 0.29) is 17.8 Å². The van der Waals surface area contributed by atoms with Crippen LogP contribution in [0.15, 0.2) is 9.68 Å². The van der Waals surface area contributed by atoms with Crippen LogP contribution in [0, 0.1) is 0 Å². The number of hydrogen-bond acceptors (Lipinski definition) is 5. The Morgan fingerprint density at radius 1 is 1.83 bits per heavy atom. The average molecular weight is 208 g/mol. The van der Waals surface area contributed by atoms with Gasteiger partial charge in [-0.3, -0.25) is 10.1 Å². The molecule has 1 heterocycles. The van der Waals surface area contributed by atoms with Gasteiger partial charge in [0, 0.05) is 0 Å². The highest BCUT2D eigenvalue weighted by molar-refractivity contribution is 7.98. The van der Waals surface area contributed by atoms with Crippen molar-refractivity contribution in [3.05, 3.63) is 0 Å². The lowest BCUT2D eigenvalue weighted by molar-refractivity contribution is -0.114. The molecule has 1 amide bonds. The van der Waals surface area contributed by atoms with Gasteiger partial charge in [0.25, 0.3) is 0 Å². The van der Waals surface area contributed by atoms with E-state index in [9.17, 15) is 4.79 Å². The minimum Gasteiger partial charge on any atom is -0.314 e. The SMILES string of the molecule is CSc1noc(NC(=O)CCl)n1. The molecule has 0 bridgehead atoms. The second-order valence-corrected chi connectivity index (χ2v) is 2.81. The molecule has 1 aromatic heterocycles. The van der Waals surface area contributed by atoms with Gasteiger partial charge in [-0.2, -0.15) is 4.98 Å². The molecular weight excluding hydrogens is 202 g/mol. The van der Waals surface area contributed by atoms with Crippen LogP contribution in [-0.4, -0.2) is 28.2 Å². The maximum Gasteiger partial charge on any atom is 0.328 e. The van der Waals surface area contributed by atoms with Crippen LogP contribution in [0.1, 0.15) is 0 Å². The smallest absolute Gasteiger partial charge is 0.314 e. The minimum atomic E-state index is -0.368. The second kappa shape index (κ2) is 4.32. The Morgan fingerprint density at radius 2 is 2.58 bits per heavy atom. The van der Waals surface area contributed by atoms with E-state index in [1.807, 2.05) is 0 Å². The maximum atomic E-state index is 10.7. The van der Waals surface area contributed by atoms with E-state index in [2.05, 4.69) is 20.0 Å². The zero-order chi connectivity index (χ0) is 8.97. The molecule has 0 radical (unpaired) electrons. The molecule has 0 fully saturated rings. The van der Waals surface area contributed by atoms with E-state index in [0.29, 0.717) is 5.16 Å². The number of aromatic nitrogens is 2. The summed E-state index contributed by atoms with van der Waals surface area (Å²) in [6, 6.07) is 0.0741. The number of amides is 1. The van der Waals surface area contributed by atoms with Crippen LogP contribution in [-0.2, 0) is 4.79 Å². The van der Waals surface area contributed by atoms with E-state index in [0.717, 1.165) is 0 Å². The number of rotatable bonds is 3. The highest BCUT2D eigenvalue weighted by Gasteiger charge is 2.07. The van der Waals surface area contributed by atoms with Gasteiger partial charge in [-0.25, -0.2) is 0 Å². The molecule has 0 atom stereocenters. The van der Waals surface area contributed by atoms with Crippen LogP contribution in [0.25, 0.3) is 0 Å². The third-order valence-corrected chi connectivity index (χ3v) is 1.73. The Bertz CT molecular complexity index is 277. The first-order valence-electron chi connectivity index (χ1n) is 2.99. The standard InChI is InChI=1S/C5H6ClN3O2S/c1-12-5-8-4(11-9-5)7-3(10)2-6/h2H2,1H3,(H,7,8,9,10). The molecule has 0 spiro atoms. The Morgan fingerprint density at radius 3 is 3.08 bits per heavy atom. The Labute approximate surface area is 77.8 Å². The summed E-state index contributed by atoms with van der Waals surface area (Å²) in [6.45, 7) is 0. The van der Waals surface area contributed by atoms with Gasteiger partial charge >= 0.3 is 6.01 Å². The molecule has 66 valence electrons. The Kier molecular flexibility index (Phi) is 3.36. The fourth-order valence-electron chi connectivity index (χ4n) is 0.496. The van der Waals surface area contributed by atoms with Gasteiger partial charge in [0.2, 0.25) is 11.1 Å². The van der Waals surface area contributed by atoms with Crippen LogP contribution in [0.2, 0.25) is 0 Å². The van der Waals surface area contributed by atoms with Crippen LogP contribution >= 0.6 is 23.4 Å². The fraction of sp³-hybridized carbons (Fsp3) is 0.400. The molecule has 1 N–H and O–H groups in total. The van der Waals surface area contributed by atoms with E-state index in [1.54, 1.807) is 6.26 Å².